The lowest BCUT2D eigenvalue weighted by atomic mass is 10.2. The molecule has 0 heterocycles. The Hall–Kier alpha value is -2.01. The van der Waals surface area contributed by atoms with Crippen LogP contribution in [0, 0.1) is 0 Å². The molecule has 0 aliphatic rings. The predicted molar refractivity (Wildman–Crippen MR) is 84.6 cm³/mol. The molecule has 21 heavy (non-hydrogen) atoms. The molecule has 0 aliphatic heterocycles. The van der Waals surface area contributed by atoms with Gasteiger partial charge in [-0.3, -0.25) is 4.79 Å². The number of nitrogens with zero attached hydrogens (tertiary/aromatic N) is 1. The maximum absolute atomic E-state index is 11.8. The normalized spacial score (nSPS) is 9.86. The Morgan fingerprint density at radius 2 is 1.76 bits per heavy atom. The highest BCUT2D eigenvalue weighted by Gasteiger charge is 2.08. The van der Waals surface area contributed by atoms with Crippen molar-refractivity contribution < 1.29 is 9.59 Å². The predicted octanol–water partition coefficient (Wildman–Crippen LogP) is 2.29. The molecule has 0 saturated heterocycles. The van der Waals surface area contributed by atoms with Crippen LogP contribution in [0.2, 0.25) is 5.02 Å². The van der Waals surface area contributed by atoms with Crippen LogP contribution in [0.3, 0.4) is 0 Å². The standard InChI is InChI=1S/C15H20ClN3O2/c1-11(2)10-19(3)15(21)18-9-8-17-14(20)12-4-6-13(16)7-5-12/h4-7H,1,8-10H2,2-3H3,(H,17,20)(H,18,21). The Morgan fingerprint density at radius 1 is 1.19 bits per heavy atom. The molecule has 1 rings (SSSR count). The lowest BCUT2D eigenvalue weighted by Crippen LogP contribution is -2.41. The van der Waals surface area contributed by atoms with Gasteiger partial charge in [0.1, 0.15) is 0 Å². The number of likely N-dealkylation sites (N-methyl/N-ethyl adjacent to an activating group) is 1. The van der Waals surface area contributed by atoms with Crippen LogP contribution in [-0.4, -0.2) is 43.5 Å². The minimum Gasteiger partial charge on any atom is -0.350 e. The van der Waals surface area contributed by atoms with E-state index in [2.05, 4.69) is 17.2 Å². The third-order valence-electron chi connectivity index (χ3n) is 2.65. The molecular formula is C15H20ClN3O2. The van der Waals surface area contributed by atoms with E-state index in [1.165, 1.54) is 4.90 Å². The summed E-state index contributed by atoms with van der Waals surface area (Å²) in [6, 6.07) is 6.42. The van der Waals surface area contributed by atoms with E-state index in [9.17, 15) is 9.59 Å². The van der Waals surface area contributed by atoms with Crippen molar-refractivity contribution >= 4 is 23.5 Å². The second-order valence-corrected chi connectivity index (χ2v) is 5.24. The Morgan fingerprint density at radius 3 is 2.33 bits per heavy atom. The topological polar surface area (TPSA) is 61.4 Å². The van der Waals surface area contributed by atoms with Crippen LogP contribution in [-0.2, 0) is 0 Å². The lowest BCUT2D eigenvalue weighted by Gasteiger charge is -2.17. The van der Waals surface area contributed by atoms with Crippen molar-refractivity contribution in [3.63, 3.8) is 0 Å². The number of urea groups is 1. The maximum atomic E-state index is 11.8. The van der Waals surface area contributed by atoms with E-state index in [1.54, 1.807) is 31.3 Å². The Kier molecular flexibility index (Phi) is 6.75. The summed E-state index contributed by atoms with van der Waals surface area (Å²) in [7, 11) is 1.69. The van der Waals surface area contributed by atoms with Crippen molar-refractivity contribution in [3.05, 3.63) is 47.0 Å². The first-order valence-electron chi connectivity index (χ1n) is 6.57. The molecule has 0 bridgehead atoms. The number of nitrogens with one attached hydrogen (secondary N) is 2. The van der Waals surface area contributed by atoms with Gasteiger partial charge in [-0.1, -0.05) is 23.8 Å². The van der Waals surface area contributed by atoms with Crippen LogP contribution in [0.25, 0.3) is 0 Å². The van der Waals surface area contributed by atoms with Crippen molar-refractivity contribution in [2.24, 2.45) is 0 Å². The van der Waals surface area contributed by atoms with Crippen LogP contribution in [0.5, 0.6) is 0 Å². The van der Waals surface area contributed by atoms with Gasteiger partial charge in [-0.05, 0) is 31.2 Å². The molecule has 1 aromatic carbocycles. The van der Waals surface area contributed by atoms with E-state index >= 15 is 0 Å². The van der Waals surface area contributed by atoms with Gasteiger partial charge in [-0.2, -0.15) is 0 Å². The number of halogens is 1. The van der Waals surface area contributed by atoms with Gasteiger partial charge in [0.15, 0.2) is 0 Å². The number of benzene rings is 1. The highest BCUT2D eigenvalue weighted by atomic mass is 35.5. The van der Waals surface area contributed by atoms with Gasteiger partial charge in [0.05, 0.1) is 0 Å². The minimum atomic E-state index is -0.198. The number of amides is 3. The van der Waals surface area contributed by atoms with Gasteiger partial charge in [-0.15, -0.1) is 0 Å². The average Bonchev–Trinajstić information content (AvgIpc) is 2.43. The van der Waals surface area contributed by atoms with Gasteiger partial charge in [0.2, 0.25) is 0 Å². The van der Waals surface area contributed by atoms with Crippen molar-refractivity contribution in [1.29, 1.82) is 0 Å². The average molecular weight is 310 g/mol. The molecule has 2 N–H and O–H groups in total. The molecule has 0 aliphatic carbocycles. The monoisotopic (exact) mass is 309 g/mol. The third-order valence-corrected chi connectivity index (χ3v) is 2.90. The summed E-state index contributed by atoms with van der Waals surface area (Å²) in [6.07, 6.45) is 0. The molecule has 0 unspecified atom stereocenters. The van der Waals surface area contributed by atoms with Crippen molar-refractivity contribution in [2.75, 3.05) is 26.7 Å². The lowest BCUT2D eigenvalue weighted by molar-refractivity contribution is 0.0953. The summed E-state index contributed by atoms with van der Waals surface area (Å²) < 4.78 is 0. The van der Waals surface area contributed by atoms with Gasteiger partial charge >= 0.3 is 6.03 Å². The first-order chi connectivity index (χ1) is 9.90. The minimum absolute atomic E-state index is 0.196. The second kappa shape index (κ2) is 8.32. The summed E-state index contributed by atoms with van der Waals surface area (Å²) in [4.78, 5) is 25.0. The maximum Gasteiger partial charge on any atom is 0.317 e. The number of hydrogen-bond donors (Lipinski definition) is 2. The molecule has 114 valence electrons. The Bertz CT molecular complexity index is 514. The van der Waals surface area contributed by atoms with E-state index in [-0.39, 0.29) is 11.9 Å². The van der Waals surface area contributed by atoms with Gasteiger partial charge in [0, 0.05) is 37.3 Å². The zero-order chi connectivity index (χ0) is 15.8. The van der Waals surface area contributed by atoms with Crippen molar-refractivity contribution in [1.82, 2.24) is 15.5 Å². The Balaban J connectivity index is 2.27. The van der Waals surface area contributed by atoms with Crippen LogP contribution in [0.1, 0.15) is 17.3 Å². The second-order valence-electron chi connectivity index (χ2n) is 4.81. The van der Waals surface area contributed by atoms with E-state index in [0.717, 1.165) is 5.57 Å². The molecule has 0 aromatic heterocycles. The van der Waals surface area contributed by atoms with Crippen LogP contribution >= 0.6 is 11.6 Å². The summed E-state index contributed by atoms with van der Waals surface area (Å²) in [5, 5.41) is 6.02. The highest BCUT2D eigenvalue weighted by Crippen LogP contribution is 2.09. The van der Waals surface area contributed by atoms with Crippen LogP contribution in [0.15, 0.2) is 36.4 Å². The number of hydrogen-bond acceptors (Lipinski definition) is 2. The highest BCUT2D eigenvalue weighted by molar-refractivity contribution is 6.30. The first-order valence-corrected chi connectivity index (χ1v) is 6.95. The molecule has 3 amide bonds. The third kappa shape index (κ3) is 6.31. The zero-order valence-electron chi connectivity index (χ0n) is 12.3. The summed E-state index contributed by atoms with van der Waals surface area (Å²) in [5.74, 6) is -0.198. The van der Waals surface area contributed by atoms with E-state index < -0.39 is 0 Å². The molecule has 6 heteroatoms. The van der Waals surface area contributed by atoms with Crippen LogP contribution < -0.4 is 10.6 Å². The van der Waals surface area contributed by atoms with E-state index in [1.807, 2.05) is 6.92 Å². The molecule has 0 saturated carbocycles. The first kappa shape index (κ1) is 17.0. The number of carbonyl (C=O) groups is 2. The van der Waals surface area contributed by atoms with Gasteiger partial charge < -0.3 is 15.5 Å². The molecule has 5 nitrogen and oxygen atoms in total. The molecule has 0 atom stereocenters. The van der Waals surface area contributed by atoms with E-state index in [4.69, 9.17) is 11.6 Å². The van der Waals surface area contributed by atoms with Crippen molar-refractivity contribution in [2.45, 2.75) is 6.92 Å². The summed E-state index contributed by atoms with van der Waals surface area (Å²) >= 11 is 5.75. The largest absolute Gasteiger partial charge is 0.350 e. The van der Waals surface area contributed by atoms with Gasteiger partial charge in [-0.25, -0.2) is 4.79 Å². The van der Waals surface area contributed by atoms with Gasteiger partial charge in [0.25, 0.3) is 5.91 Å². The number of rotatable bonds is 6. The van der Waals surface area contributed by atoms with Crippen LogP contribution in [0.4, 0.5) is 4.79 Å². The van der Waals surface area contributed by atoms with Crippen molar-refractivity contribution in [3.8, 4) is 0 Å². The summed E-state index contributed by atoms with van der Waals surface area (Å²) in [6.45, 7) is 6.82. The fraction of sp³-hybridized carbons (Fsp3) is 0.333. The molecular weight excluding hydrogens is 290 g/mol. The molecule has 0 spiro atoms. The SMILES string of the molecule is C=C(C)CN(C)C(=O)NCCNC(=O)c1ccc(Cl)cc1. The molecule has 0 fully saturated rings. The molecule has 0 radical (unpaired) electrons. The quantitative estimate of drug-likeness (QED) is 0.625. The fourth-order valence-corrected chi connectivity index (χ4v) is 1.79. The smallest absolute Gasteiger partial charge is 0.317 e. The fourth-order valence-electron chi connectivity index (χ4n) is 1.66. The summed E-state index contributed by atoms with van der Waals surface area (Å²) in [5.41, 5.74) is 1.44. The zero-order valence-corrected chi connectivity index (χ0v) is 13.0. The number of carbonyl (C=O) groups excluding carboxylic acids is 2. The Labute approximate surface area is 130 Å². The van der Waals surface area contributed by atoms with E-state index in [0.29, 0.717) is 30.2 Å². The molecule has 1 aromatic rings.